The molecule has 6 nitrogen and oxygen atoms in total. The van der Waals surface area contributed by atoms with Gasteiger partial charge in [-0.25, -0.2) is 22.2 Å². The highest BCUT2D eigenvalue weighted by molar-refractivity contribution is 9.10. The van der Waals surface area contributed by atoms with Crippen LogP contribution in [0.15, 0.2) is 15.7 Å². The fourth-order valence-electron chi connectivity index (χ4n) is 0.965. The average Bonchev–Trinajstić information content (AvgIpc) is 2.14. The molecule has 0 spiro atoms. The van der Waals surface area contributed by atoms with E-state index < -0.39 is 41.1 Å². The number of rotatable bonds is 3. The molecule has 0 aromatic carbocycles. The lowest BCUT2D eigenvalue weighted by Gasteiger charge is -2.05. The fraction of sp³-hybridized carbons (Fsp3) is 0.167. The van der Waals surface area contributed by atoms with Crippen molar-refractivity contribution >= 4 is 41.4 Å². The van der Waals surface area contributed by atoms with Gasteiger partial charge in [-0.15, -0.1) is 0 Å². The predicted octanol–water partition coefficient (Wildman–Crippen LogP) is 2.62. The van der Waals surface area contributed by atoms with Crippen molar-refractivity contribution in [1.29, 1.82) is 0 Å². The van der Waals surface area contributed by atoms with Crippen molar-refractivity contribution in [3.63, 3.8) is 0 Å². The summed E-state index contributed by atoms with van der Waals surface area (Å²) in [6.07, 6.45) is -2.53. The third-order valence-corrected chi connectivity index (χ3v) is 3.67. The summed E-state index contributed by atoms with van der Waals surface area (Å²) >= 11 is 2.54. The molecule has 11 heteroatoms. The summed E-state index contributed by atoms with van der Waals surface area (Å²) in [6.45, 7) is 0. The van der Waals surface area contributed by atoms with E-state index in [-0.39, 0.29) is 0 Å². The fourth-order valence-corrected chi connectivity index (χ4v) is 2.63. The zero-order valence-corrected chi connectivity index (χ0v) is 10.8. The Kier molecular flexibility index (Phi) is 3.99. The predicted molar refractivity (Wildman–Crippen MR) is 56.6 cm³/mol. The van der Waals surface area contributed by atoms with Gasteiger partial charge in [0, 0.05) is 16.9 Å². The summed E-state index contributed by atoms with van der Waals surface area (Å²) in [5, 5.41) is 9.55. The van der Waals surface area contributed by atoms with Gasteiger partial charge in [0.25, 0.3) is 15.5 Å². The number of hydrogen-bond donors (Lipinski definition) is 0. The maximum atomic E-state index is 12.4. The Morgan fingerprint density at radius 1 is 1.53 bits per heavy atom. The number of aromatic nitrogens is 1. The summed E-state index contributed by atoms with van der Waals surface area (Å²) in [5.74, 6) is 0. The highest BCUT2D eigenvalue weighted by atomic mass is 79.9. The second-order valence-electron chi connectivity index (χ2n) is 2.68. The number of hydrogen-bond acceptors (Lipinski definition) is 5. The SMILES string of the molecule is O=[N+]([O-])c1c(S(=O)(=O)Cl)ncc(C(F)F)c1Br. The van der Waals surface area contributed by atoms with Crippen molar-refractivity contribution in [3.8, 4) is 0 Å². The Morgan fingerprint density at radius 3 is 2.41 bits per heavy atom. The van der Waals surface area contributed by atoms with Crippen LogP contribution in [-0.2, 0) is 9.05 Å². The van der Waals surface area contributed by atoms with Crippen LogP contribution in [0.5, 0.6) is 0 Å². The van der Waals surface area contributed by atoms with E-state index in [0.717, 1.165) is 0 Å². The normalized spacial score (nSPS) is 11.8. The Bertz CT molecular complexity index is 580. The van der Waals surface area contributed by atoms with Crippen LogP contribution in [0.2, 0.25) is 0 Å². The summed E-state index contributed by atoms with van der Waals surface area (Å²) < 4.78 is 46.2. The van der Waals surface area contributed by atoms with Gasteiger partial charge >= 0.3 is 5.69 Å². The van der Waals surface area contributed by atoms with E-state index in [1.807, 2.05) is 0 Å². The highest BCUT2D eigenvalue weighted by Gasteiger charge is 2.32. The first-order valence-corrected chi connectivity index (χ1v) is 6.82. The molecule has 0 radical (unpaired) electrons. The maximum Gasteiger partial charge on any atom is 0.322 e. The lowest BCUT2D eigenvalue weighted by Crippen LogP contribution is -2.05. The molecule has 1 aromatic heterocycles. The molecular formula is C6H2BrClF2N2O4S. The number of pyridine rings is 1. The van der Waals surface area contributed by atoms with Crippen LogP contribution in [0.25, 0.3) is 0 Å². The Labute approximate surface area is 106 Å². The van der Waals surface area contributed by atoms with E-state index in [4.69, 9.17) is 10.7 Å². The van der Waals surface area contributed by atoms with Crippen LogP contribution < -0.4 is 0 Å². The molecule has 0 atom stereocenters. The molecule has 0 unspecified atom stereocenters. The molecule has 0 aliphatic heterocycles. The van der Waals surface area contributed by atoms with Crippen molar-refractivity contribution in [2.24, 2.45) is 0 Å². The van der Waals surface area contributed by atoms with Gasteiger partial charge in [0.15, 0.2) is 0 Å². The minimum absolute atomic E-state index is 0.511. The van der Waals surface area contributed by atoms with Crippen molar-refractivity contribution in [3.05, 3.63) is 26.3 Å². The summed E-state index contributed by atoms with van der Waals surface area (Å²) in [7, 11) is 0.410. The van der Waals surface area contributed by atoms with E-state index in [0.29, 0.717) is 6.20 Å². The lowest BCUT2D eigenvalue weighted by atomic mass is 10.3. The first-order valence-electron chi connectivity index (χ1n) is 3.72. The minimum atomic E-state index is -4.50. The molecule has 0 fully saturated rings. The third kappa shape index (κ3) is 2.87. The number of nitrogens with zero attached hydrogens (tertiary/aromatic N) is 2. The first kappa shape index (κ1) is 14.2. The van der Waals surface area contributed by atoms with Gasteiger partial charge in [0.05, 0.1) is 10.5 Å². The molecular weight excluding hydrogens is 349 g/mol. The van der Waals surface area contributed by atoms with Crippen LogP contribution in [0.4, 0.5) is 14.5 Å². The van der Waals surface area contributed by atoms with Gasteiger partial charge in [-0.3, -0.25) is 10.1 Å². The highest BCUT2D eigenvalue weighted by Crippen LogP contribution is 2.38. The van der Waals surface area contributed by atoms with Gasteiger partial charge in [-0.05, 0) is 15.9 Å². The molecule has 0 amide bonds. The number of halogens is 4. The van der Waals surface area contributed by atoms with Gasteiger partial charge < -0.3 is 0 Å². The first-order chi connectivity index (χ1) is 7.66. The maximum absolute atomic E-state index is 12.4. The Balaban J connectivity index is 3.69. The Hall–Kier alpha value is -0.870. The Morgan fingerprint density at radius 2 is 2.06 bits per heavy atom. The zero-order chi connectivity index (χ0) is 13.4. The van der Waals surface area contributed by atoms with E-state index >= 15 is 0 Å². The van der Waals surface area contributed by atoms with Gasteiger partial charge in [0.1, 0.15) is 4.47 Å². The van der Waals surface area contributed by atoms with Crippen molar-refractivity contribution in [2.75, 3.05) is 0 Å². The van der Waals surface area contributed by atoms with Gasteiger partial charge in [-0.2, -0.15) is 0 Å². The second kappa shape index (κ2) is 4.78. The molecule has 0 saturated heterocycles. The lowest BCUT2D eigenvalue weighted by molar-refractivity contribution is -0.389. The minimum Gasteiger partial charge on any atom is -0.258 e. The summed E-state index contributed by atoms with van der Waals surface area (Å²) in [5.41, 5.74) is -1.90. The van der Waals surface area contributed by atoms with Crippen molar-refractivity contribution in [1.82, 2.24) is 4.98 Å². The van der Waals surface area contributed by atoms with E-state index in [1.165, 1.54) is 0 Å². The molecule has 1 heterocycles. The molecule has 1 aromatic rings. The number of nitro groups is 1. The van der Waals surface area contributed by atoms with Crippen LogP contribution >= 0.6 is 26.6 Å². The molecule has 0 N–H and O–H groups in total. The molecule has 17 heavy (non-hydrogen) atoms. The molecule has 0 aliphatic rings. The average molecular weight is 352 g/mol. The van der Waals surface area contributed by atoms with Gasteiger partial charge in [-0.1, -0.05) is 0 Å². The topological polar surface area (TPSA) is 90.2 Å². The summed E-state index contributed by atoms with van der Waals surface area (Å²) in [6, 6.07) is 0. The second-order valence-corrected chi connectivity index (χ2v) is 5.95. The molecule has 0 aliphatic carbocycles. The molecule has 0 saturated carbocycles. The molecule has 94 valence electrons. The smallest absolute Gasteiger partial charge is 0.258 e. The number of alkyl halides is 2. The molecule has 1 rings (SSSR count). The standard InChI is InChI=1S/C6H2BrClF2N2O4S/c7-3-2(5(9)10)1-11-6(17(8,15)16)4(3)12(13)14/h1,5H. The van der Waals surface area contributed by atoms with E-state index in [9.17, 15) is 27.3 Å². The van der Waals surface area contributed by atoms with Crippen LogP contribution in [0.3, 0.4) is 0 Å². The zero-order valence-electron chi connectivity index (χ0n) is 7.60. The van der Waals surface area contributed by atoms with Crippen LogP contribution in [0.1, 0.15) is 12.0 Å². The van der Waals surface area contributed by atoms with Gasteiger partial charge in [0.2, 0.25) is 5.03 Å². The van der Waals surface area contributed by atoms with E-state index in [1.54, 1.807) is 0 Å². The third-order valence-electron chi connectivity index (χ3n) is 1.63. The summed E-state index contributed by atoms with van der Waals surface area (Å²) in [4.78, 5) is 12.6. The van der Waals surface area contributed by atoms with Crippen LogP contribution in [-0.4, -0.2) is 18.3 Å². The molecule has 0 bridgehead atoms. The van der Waals surface area contributed by atoms with Crippen LogP contribution in [0, 0.1) is 10.1 Å². The quantitative estimate of drug-likeness (QED) is 0.474. The monoisotopic (exact) mass is 350 g/mol. The van der Waals surface area contributed by atoms with Crippen molar-refractivity contribution in [2.45, 2.75) is 11.5 Å². The van der Waals surface area contributed by atoms with E-state index in [2.05, 4.69) is 20.9 Å². The van der Waals surface area contributed by atoms with Crippen molar-refractivity contribution < 1.29 is 22.1 Å². The largest absolute Gasteiger partial charge is 0.322 e.